The van der Waals surface area contributed by atoms with Gasteiger partial charge in [-0.3, -0.25) is 4.99 Å². The van der Waals surface area contributed by atoms with Crippen LogP contribution in [-0.4, -0.2) is 55.0 Å². The lowest BCUT2D eigenvalue weighted by atomic mass is 10.1. The molecular weight excluding hydrogens is 500 g/mol. The minimum absolute atomic E-state index is 0.189. The molecule has 0 saturated heterocycles. The number of aliphatic imine (C=N–C) groups is 1. The summed E-state index contributed by atoms with van der Waals surface area (Å²) in [7, 11) is -3.70. The van der Waals surface area contributed by atoms with Gasteiger partial charge in [0.05, 0.1) is 11.4 Å². The van der Waals surface area contributed by atoms with Crippen molar-refractivity contribution in [1.82, 2.24) is 14.1 Å². The van der Waals surface area contributed by atoms with Crippen molar-refractivity contribution in [3.8, 4) is 28.4 Å². The molecule has 0 aliphatic carbocycles. The number of hydrogen-bond donors (Lipinski definition) is 0. The van der Waals surface area contributed by atoms with Crippen molar-refractivity contribution in [3.63, 3.8) is 0 Å². The summed E-state index contributed by atoms with van der Waals surface area (Å²) < 4.78 is 41.5. The average Bonchev–Trinajstić information content (AvgIpc) is 3.37. The van der Waals surface area contributed by atoms with Crippen molar-refractivity contribution in [3.05, 3.63) is 84.1 Å². The second-order valence-corrected chi connectivity index (χ2v) is 10.8. The van der Waals surface area contributed by atoms with Crippen LogP contribution >= 0.6 is 0 Å². The molecule has 0 bridgehead atoms. The maximum Gasteiger partial charge on any atom is 0.245 e. The third-order valence-electron chi connectivity index (χ3n) is 6.36. The summed E-state index contributed by atoms with van der Waals surface area (Å²) in [4.78, 5) is 4.86. The zero-order valence-electron chi connectivity index (χ0n) is 21.7. The molecule has 38 heavy (non-hydrogen) atoms. The summed E-state index contributed by atoms with van der Waals surface area (Å²) in [6.45, 7) is 7.30. The highest BCUT2D eigenvalue weighted by molar-refractivity contribution is 7.89. The SMILES string of the molecule is CCN(CC)S(=O)(=O)c1cc(C)ccc1N=Cc1cn(-c2ccccc2)nc1-c1ccc2c(c1)OCCO2. The van der Waals surface area contributed by atoms with E-state index in [-0.39, 0.29) is 4.90 Å². The van der Waals surface area contributed by atoms with Gasteiger partial charge in [-0.1, -0.05) is 38.1 Å². The van der Waals surface area contributed by atoms with Crippen LogP contribution < -0.4 is 9.47 Å². The molecule has 0 radical (unpaired) electrons. The minimum Gasteiger partial charge on any atom is -0.486 e. The van der Waals surface area contributed by atoms with E-state index in [1.165, 1.54) is 4.31 Å². The third-order valence-corrected chi connectivity index (χ3v) is 8.44. The van der Waals surface area contributed by atoms with Gasteiger partial charge < -0.3 is 9.47 Å². The van der Waals surface area contributed by atoms with Crippen LogP contribution in [0.1, 0.15) is 25.0 Å². The van der Waals surface area contributed by atoms with Gasteiger partial charge in [0, 0.05) is 36.6 Å². The normalized spacial score (nSPS) is 13.4. The van der Waals surface area contributed by atoms with E-state index in [1.54, 1.807) is 23.0 Å². The molecule has 0 atom stereocenters. The first-order valence-corrected chi connectivity index (χ1v) is 14.0. The van der Waals surface area contributed by atoms with E-state index in [9.17, 15) is 8.42 Å². The highest BCUT2D eigenvalue weighted by atomic mass is 32.2. The Balaban J connectivity index is 1.61. The van der Waals surface area contributed by atoms with E-state index in [0.29, 0.717) is 49.2 Å². The van der Waals surface area contributed by atoms with Crippen LogP contribution in [0.3, 0.4) is 0 Å². The highest BCUT2D eigenvalue weighted by Gasteiger charge is 2.25. The number of benzene rings is 3. The molecule has 0 fully saturated rings. The zero-order chi connectivity index (χ0) is 26.7. The summed E-state index contributed by atoms with van der Waals surface area (Å²) in [6.07, 6.45) is 3.56. The van der Waals surface area contributed by atoms with Crippen LogP contribution in [0, 0.1) is 6.92 Å². The summed E-state index contributed by atoms with van der Waals surface area (Å²) in [6, 6.07) is 20.8. The van der Waals surface area contributed by atoms with Gasteiger partial charge in [-0.05, 0) is 55.0 Å². The van der Waals surface area contributed by atoms with Gasteiger partial charge in [-0.25, -0.2) is 13.1 Å². The number of hydrogen-bond acceptors (Lipinski definition) is 6. The molecule has 196 valence electrons. The lowest BCUT2D eigenvalue weighted by molar-refractivity contribution is 0.171. The first kappa shape index (κ1) is 25.7. The van der Waals surface area contributed by atoms with E-state index >= 15 is 0 Å². The predicted molar refractivity (Wildman–Crippen MR) is 149 cm³/mol. The van der Waals surface area contributed by atoms with Gasteiger partial charge in [-0.2, -0.15) is 9.40 Å². The molecule has 3 aromatic carbocycles. The Labute approximate surface area is 223 Å². The average molecular weight is 531 g/mol. The fraction of sp³-hybridized carbons (Fsp3) is 0.241. The van der Waals surface area contributed by atoms with Crippen LogP contribution in [0.5, 0.6) is 11.5 Å². The lowest BCUT2D eigenvalue weighted by Gasteiger charge is -2.19. The first-order valence-electron chi connectivity index (χ1n) is 12.6. The predicted octanol–water partition coefficient (Wildman–Crippen LogP) is 5.40. The van der Waals surface area contributed by atoms with Crippen molar-refractivity contribution in [2.75, 3.05) is 26.3 Å². The minimum atomic E-state index is -3.70. The second kappa shape index (κ2) is 10.8. The Hall–Kier alpha value is -3.95. The largest absolute Gasteiger partial charge is 0.486 e. The van der Waals surface area contributed by atoms with E-state index in [4.69, 9.17) is 14.6 Å². The number of sulfonamides is 1. The molecule has 0 amide bonds. The lowest BCUT2D eigenvalue weighted by Crippen LogP contribution is -2.30. The van der Waals surface area contributed by atoms with Gasteiger partial charge in [0.15, 0.2) is 11.5 Å². The van der Waals surface area contributed by atoms with Crippen molar-refractivity contribution in [2.24, 2.45) is 4.99 Å². The van der Waals surface area contributed by atoms with Gasteiger partial charge >= 0.3 is 0 Å². The first-order chi connectivity index (χ1) is 18.4. The molecule has 1 aromatic heterocycles. The molecular formula is C29H30N4O4S. The van der Waals surface area contributed by atoms with Gasteiger partial charge in [-0.15, -0.1) is 0 Å². The van der Waals surface area contributed by atoms with E-state index in [2.05, 4.69) is 4.99 Å². The molecule has 5 rings (SSSR count). The Bertz CT molecular complexity index is 1580. The monoisotopic (exact) mass is 530 g/mol. The van der Waals surface area contributed by atoms with Gasteiger partial charge in [0.1, 0.15) is 23.8 Å². The molecule has 0 unspecified atom stereocenters. The Kier molecular flexibility index (Phi) is 7.31. The number of aromatic nitrogens is 2. The van der Waals surface area contributed by atoms with Crippen molar-refractivity contribution in [1.29, 1.82) is 0 Å². The molecule has 0 N–H and O–H groups in total. The molecule has 1 aliphatic heterocycles. The molecule has 0 saturated carbocycles. The van der Waals surface area contributed by atoms with Gasteiger partial charge in [0.25, 0.3) is 0 Å². The number of nitrogens with zero attached hydrogens (tertiary/aromatic N) is 4. The van der Waals surface area contributed by atoms with Crippen LogP contribution in [0.15, 0.2) is 82.8 Å². The zero-order valence-corrected chi connectivity index (χ0v) is 22.5. The Morgan fingerprint density at radius 3 is 2.45 bits per heavy atom. The summed E-state index contributed by atoms with van der Waals surface area (Å²) in [5.41, 5.74) is 4.38. The number of aryl methyl sites for hydroxylation is 1. The number of fused-ring (bicyclic) bond motifs is 1. The highest BCUT2D eigenvalue weighted by Crippen LogP contribution is 2.35. The van der Waals surface area contributed by atoms with Crippen LogP contribution in [0.2, 0.25) is 0 Å². The Morgan fingerprint density at radius 2 is 1.71 bits per heavy atom. The fourth-order valence-corrected chi connectivity index (χ4v) is 6.06. The summed E-state index contributed by atoms with van der Waals surface area (Å²) in [5.74, 6) is 1.36. The standard InChI is InChI=1S/C29H30N4O4S/c1-4-32(5-2)38(34,35)28-17-21(3)11-13-25(28)30-19-23-20-33(24-9-7-6-8-10-24)31-29(23)22-12-14-26-27(18-22)37-16-15-36-26/h6-14,17-20H,4-5,15-16H2,1-3H3. The quantitative estimate of drug-likeness (QED) is 0.285. The maximum atomic E-state index is 13.4. The Morgan fingerprint density at radius 1 is 0.974 bits per heavy atom. The fourth-order valence-electron chi connectivity index (χ4n) is 4.39. The van der Waals surface area contributed by atoms with E-state index in [1.807, 2.05) is 81.6 Å². The topological polar surface area (TPSA) is 86.0 Å². The molecule has 2 heterocycles. The van der Waals surface area contributed by atoms with E-state index in [0.717, 1.165) is 22.4 Å². The van der Waals surface area contributed by atoms with E-state index < -0.39 is 10.0 Å². The number of rotatable bonds is 8. The van der Waals surface area contributed by atoms with Crippen molar-refractivity contribution < 1.29 is 17.9 Å². The summed E-state index contributed by atoms with van der Waals surface area (Å²) in [5, 5.41) is 4.85. The molecule has 8 nitrogen and oxygen atoms in total. The summed E-state index contributed by atoms with van der Waals surface area (Å²) >= 11 is 0. The van der Waals surface area contributed by atoms with Crippen LogP contribution in [-0.2, 0) is 10.0 Å². The van der Waals surface area contributed by atoms with Crippen molar-refractivity contribution >= 4 is 21.9 Å². The maximum absolute atomic E-state index is 13.4. The molecule has 9 heteroatoms. The number of para-hydroxylation sites is 1. The smallest absolute Gasteiger partial charge is 0.245 e. The van der Waals surface area contributed by atoms with Gasteiger partial charge in [0.2, 0.25) is 10.0 Å². The molecule has 4 aromatic rings. The second-order valence-electron chi connectivity index (χ2n) is 8.89. The van der Waals surface area contributed by atoms with Crippen LogP contribution in [0.4, 0.5) is 5.69 Å². The number of ether oxygens (including phenoxy) is 2. The molecule has 0 spiro atoms. The van der Waals surface area contributed by atoms with Crippen molar-refractivity contribution in [2.45, 2.75) is 25.7 Å². The molecule has 1 aliphatic rings. The third kappa shape index (κ3) is 5.07. The van der Waals surface area contributed by atoms with Crippen LogP contribution in [0.25, 0.3) is 16.9 Å².